The molecule has 6 nitrogen and oxygen atoms in total. The summed E-state index contributed by atoms with van der Waals surface area (Å²) in [5, 5.41) is 9.46. The highest BCUT2D eigenvalue weighted by Crippen LogP contribution is 2.29. The molecule has 0 aliphatic carbocycles. The van der Waals surface area contributed by atoms with Gasteiger partial charge in [0.2, 0.25) is 0 Å². The van der Waals surface area contributed by atoms with Crippen molar-refractivity contribution < 1.29 is 18.3 Å². The molecular weight excluding hydrogens is 294 g/mol. The number of carbonyl (C=O) groups is 1. The second-order valence-corrected chi connectivity index (χ2v) is 4.71. The van der Waals surface area contributed by atoms with E-state index in [1.165, 1.54) is 0 Å². The summed E-state index contributed by atoms with van der Waals surface area (Å²) in [5.41, 5.74) is 4.98. The topological polar surface area (TPSA) is 93.9 Å². The van der Waals surface area contributed by atoms with E-state index in [9.17, 15) is 13.6 Å². The molecule has 0 radical (unpaired) electrons. The Morgan fingerprint density at radius 1 is 1.27 bits per heavy atom. The van der Waals surface area contributed by atoms with E-state index < -0.39 is 23.3 Å². The van der Waals surface area contributed by atoms with Crippen molar-refractivity contribution in [2.45, 2.75) is 26.2 Å². The van der Waals surface area contributed by atoms with Gasteiger partial charge in [-0.2, -0.15) is 15.4 Å². The average molecular weight is 310 g/mol. The van der Waals surface area contributed by atoms with Gasteiger partial charge in [-0.3, -0.25) is 4.79 Å². The molecule has 1 aromatic heterocycles. The molecule has 0 saturated heterocycles. The molecule has 2 rings (SSSR count). The summed E-state index contributed by atoms with van der Waals surface area (Å²) in [4.78, 5) is 11.2. The number of aromatic amines is 1. The molecule has 0 unspecified atom stereocenters. The number of H-pyrrole nitrogens is 1. The molecule has 118 valence electrons. The predicted molar refractivity (Wildman–Crippen MR) is 75.3 cm³/mol. The number of amides is 1. The van der Waals surface area contributed by atoms with Crippen LogP contribution in [0.3, 0.4) is 0 Å². The molecule has 8 heteroatoms. The lowest BCUT2D eigenvalue weighted by Gasteiger charge is -2.09. The van der Waals surface area contributed by atoms with Gasteiger partial charge >= 0.3 is 0 Å². The van der Waals surface area contributed by atoms with Gasteiger partial charge in [0, 0.05) is 5.56 Å². The van der Waals surface area contributed by atoms with Crippen LogP contribution in [-0.4, -0.2) is 27.9 Å². The lowest BCUT2D eigenvalue weighted by atomic mass is 10.1. The zero-order valence-corrected chi connectivity index (χ0v) is 12.0. The highest BCUT2D eigenvalue weighted by Gasteiger charge is 2.19. The lowest BCUT2D eigenvalue weighted by Crippen LogP contribution is -2.13. The number of unbranched alkanes of at least 4 members (excludes halogenated alkanes) is 2. The first-order valence-corrected chi connectivity index (χ1v) is 6.87. The van der Waals surface area contributed by atoms with Crippen molar-refractivity contribution >= 4 is 5.91 Å². The molecule has 3 N–H and O–H groups in total. The molecule has 1 heterocycles. The average Bonchev–Trinajstić information content (AvgIpc) is 2.95. The maximum Gasteiger partial charge on any atom is 0.271 e. The van der Waals surface area contributed by atoms with E-state index in [2.05, 4.69) is 15.4 Å². The summed E-state index contributed by atoms with van der Waals surface area (Å²) in [5.74, 6) is -3.02. The van der Waals surface area contributed by atoms with Crippen molar-refractivity contribution in [1.82, 2.24) is 15.4 Å². The molecule has 0 atom stereocenters. The number of nitrogens with one attached hydrogen (secondary N) is 1. The first-order valence-electron chi connectivity index (χ1n) is 6.87. The van der Waals surface area contributed by atoms with Gasteiger partial charge in [0.1, 0.15) is 5.69 Å². The quantitative estimate of drug-likeness (QED) is 0.768. The van der Waals surface area contributed by atoms with Crippen molar-refractivity contribution in [3.05, 3.63) is 29.5 Å². The van der Waals surface area contributed by atoms with Crippen LogP contribution < -0.4 is 10.5 Å². The Balaban J connectivity index is 2.26. The molecule has 0 aliphatic heterocycles. The second kappa shape index (κ2) is 6.97. The second-order valence-electron chi connectivity index (χ2n) is 4.71. The summed E-state index contributed by atoms with van der Waals surface area (Å²) in [6.45, 7) is 2.25. The van der Waals surface area contributed by atoms with E-state index in [1.54, 1.807) is 0 Å². The van der Waals surface area contributed by atoms with E-state index in [1.807, 2.05) is 6.92 Å². The third-order valence-electron chi connectivity index (χ3n) is 3.05. The van der Waals surface area contributed by atoms with Gasteiger partial charge in [-0.1, -0.05) is 19.8 Å². The molecule has 22 heavy (non-hydrogen) atoms. The largest absolute Gasteiger partial charge is 0.488 e. The Morgan fingerprint density at radius 2 is 1.95 bits per heavy atom. The van der Waals surface area contributed by atoms with Gasteiger partial charge in [0.15, 0.2) is 23.1 Å². The van der Waals surface area contributed by atoms with Gasteiger partial charge in [-0.15, -0.1) is 0 Å². The first-order chi connectivity index (χ1) is 10.5. The van der Waals surface area contributed by atoms with Crippen molar-refractivity contribution in [3.63, 3.8) is 0 Å². The van der Waals surface area contributed by atoms with E-state index in [0.29, 0.717) is 6.42 Å². The Morgan fingerprint density at radius 3 is 2.55 bits per heavy atom. The molecule has 1 aromatic carbocycles. The van der Waals surface area contributed by atoms with Crippen molar-refractivity contribution in [2.24, 2.45) is 5.73 Å². The fraction of sp³-hybridized carbons (Fsp3) is 0.357. The Labute approximate surface area is 125 Å². The van der Waals surface area contributed by atoms with Crippen LogP contribution >= 0.6 is 0 Å². The monoisotopic (exact) mass is 310 g/mol. The molecule has 2 aromatic rings. The summed E-state index contributed by atoms with van der Waals surface area (Å²) in [7, 11) is 0. The number of hydrogen-bond acceptors (Lipinski definition) is 4. The highest BCUT2D eigenvalue weighted by molar-refractivity contribution is 5.96. The van der Waals surface area contributed by atoms with E-state index in [0.717, 1.165) is 25.0 Å². The Hall–Kier alpha value is -2.51. The van der Waals surface area contributed by atoms with Crippen LogP contribution in [0.4, 0.5) is 8.78 Å². The number of primary amides is 1. The highest BCUT2D eigenvalue weighted by atomic mass is 19.1. The van der Waals surface area contributed by atoms with Gasteiger partial charge in [0.05, 0.1) is 6.61 Å². The van der Waals surface area contributed by atoms with Crippen LogP contribution in [0.25, 0.3) is 11.3 Å². The SMILES string of the molecule is CCCCCOc1c(F)cc(-c2n[nH]nc2C(N)=O)cc1F. The fourth-order valence-electron chi connectivity index (χ4n) is 1.96. The molecular formula is C14H16F2N4O2. The lowest BCUT2D eigenvalue weighted by molar-refractivity contribution is 0.0996. The van der Waals surface area contributed by atoms with Crippen molar-refractivity contribution in [1.29, 1.82) is 0 Å². The molecule has 1 amide bonds. The number of nitrogens with zero attached hydrogens (tertiary/aromatic N) is 2. The number of nitrogens with two attached hydrogens (primary N) is 1. The minimum absolute atomic E-state index is 0.0113. The first kappa shape index (κ1) is 15.9. The summed E-state index contributed by atoms with van der Waals surface area (Å²) < 4.78 is 33.1. The van der Waals surface area contributed by atoms with Gasteiger partial charge in [-0.05, 0) is 18.6 Å². The molecule has 0 saturated carbocycles. The van der Waals surface area contributed by atoms with Crippen LogP contribution in [0.2, 0.25) is 0 Å². The minimum atomic E-state index is -0.870. The molecule has 0 bridgehead atoms. The zero-order chi connectivity index (χ0) is 16.1. The number of rotatable bonds is 7. The van der Waals surface area contributed by atoms with Crippen molar-refractivity contribution in [3.8, 4) is 17.0 Å². The van der Waals surface area contributed by atoms with E-state index >= 15 is 0 Å². The third-order valence-corrected chi connectivity index (χ3v) is 3.05. The zero-order valence-electron chi connectivity index (χ0n) is 12.0. The van der Waals surface area contributed by atoms with Crippen LogP contribution in [-0.2, 0) is 0 Å². The Bertz CT molecular complexity index is 650. The van der Waals surface area contributed by atoms with Crippen LogP contribution in [0.15, 0.2) is 12.1 Å². The fourth-order valence-corrected chi connectivity index (χ4v) is 1.96. The Kier molecular flexibility index (Phi) is 5.03. The maximum absolute atomic E-state index is 14.0. The number of halogens is 2. The van der Waals surface area contributed by atoms with Crippen LogP contribution in [0.1, 0.15) is 36.7 Å². The van der Waals surface area contributed by atoms with E-state index in [-0.39, 0.29) is 23.6 Å². The molecule has 0 spiro atoms. The minimum Gasteiger partial charge on any atom is -0.488 e. The number of benzene rings is 1. The normalized spacial score (nSPS) is 10.7. The number of hydrogen-bond donors (Lipinski definition) is 2. The smallest absolute Gasteiger partial charge is 0.271 e. The van der Waals surface area contributed by atoms with Crippen molar-refractivity contribution in [2.75, 3.05) is 6.61 Å². The van der Waals surface area contributed by atoms with Gasteiger partial charge in [0.25, 0.3) is 5.91 Å². The number of carbonyl (C=O) groups excluding carboxylic acids is 1. The molecule has 0 aliphatic rings. The summed E-state index contributed by atoms with van der Waals surface area (Å²) in [6, 6.07) is 2.06. The third kappa shape index (κ3) is 3.38. The predicted octanol–water partition coefficient (Wildman–Crippen LogP) is 2.42. The summed E-state index contributed by atoms with van der Waals surface area (Å²) >= 11 is 0. The summed E-state index contributed by atoms with van der Waals surface area (Å²) in [6.07, 6.45) is 2.61. The van der Waals surface area contributed by atoms with E-state index in [4.69, 9.17) is 10.5 Å². The van der Waals surface area contributed by atoms with Crippen LogP contribution in [0, 0.1) is 11.6 Å². The van der Waals surface area contributed by atoms with Crippen LogP contribution in [0.5, 0.6) is 5.75 Å². The number of ether oxygens (including phenoxy) is 1. The van der Waals surface area contributed by atoms with Gasteiger partial charge < -0.3 is 10.5 Å². The van der Waals surface area contributed by atoms with Gasteiger partial charge in [-0.25, -0.2) is 8.78 Å². The standard InChI is InChI=1S/C14H16F2N4O2/c1-2-3-4-5-22-13-9(15)6-8(7-10(13)16)11-12(14(17)21)19-20-18-11/h6-7H,2-5H2,1H3,(H2,17,21)(H,18,19,20). The number of aromatic nitrogens is 3. The maximum atomic E-state index is 14.0. The molecule has 0 fully saturated rings.